The fourth-order valence-electron chi connectivity index (χ4n) is 1.82. The molecule has 0 aliphatic carbocycles. The Morgan fingerprint density at radius 1 is 1.40 bits per heavy atom. The molecule has 2 rings (SSSR count). The number of rotatable bonds is 4. The molecule has 0 saturated heterocycles. The van der Waals surface area contributed by atoms with Crippen LogP contribution in [-0.2, 0) is 0 Å². The van der Waals surface area contributed by atoms with E-state index in [1.165, 1.54) is 11.3 Å². The predicted molar refractivity (Wildman–Crippen MR) is 82.2 cm³/mol. The Hall–Kier alpha value is -2.08. The maximum absolute atomic E-state index is 10.1. The summed E-state index contributed by atoms with van der Waals surface area (Å²) in [5.74, 6) is 0.941. The monoisotopic (exact) mass is 291 g/mol. The molecule has 0 bridgehead atoms. The molecule has 0 atom stereocenters. The third kappa shape index (κ3) is 2.91. The van der Waals surface area contributed by atoms with Crippen molar-refractivity contribution < 1.29 is 9.84 Å². The van der Waals surface area contributed by atoms with E-state index in [2.05, 4.69) is 15.5 Å². The highest BCUT2D eigenvalue weighted by Gasteiger charge is 2.11. The molecule has 0 unspecified atom stereocenters. The quantitative estimate of drug-likeness (QED) is 0.670. The molecule has 0 fully saturated rings. The minimum Gasteiger partial charge on any atom is -0.507 e. The van der Waals surface area contributed by atoms with Crippen molar-refractivity contribution in [3.63, 3.8) is 0 Å². The molecule has 0 saturated carbocycles. The van der Waals surface area contributed by atoms with Gasteiger partial charge in [0.25, 0.3) is 0 Å². The zero-order valence-corrected chi connectivity index (χ0v) is 12.7. The standard InChI is InChI=1S/C14H17N3O2S/c1-8-5-12(19-4)10(3)11(13(8)18)6-15-17-14-16-9(2)7-20-14/h5-7,18H,1-4H3,(H,16,17). The number of hydrazone groups is 1. The zero-order chi connectivity index (χ0) is 14.7. The Morgan fingerprint density at radius 3 is 2.75 bits per heavy atom. The van der Waals surface area contributed by atoms with Gasteiger partial charge in [-0.25, -0.2) is 4.98 Å². The molecular weight excluding hydrogens is 274 g/mol. The number of aryl methyl sites for hydroxylation is 2. The largest absolute Gasteiger partial charge is 0.507 e. The Kier molecular flexibility index (Phi) is 4.24. The smallest absolute Gasteiger partial charge is 0.203 e. The number of aromatic hydroxyl groups is 1. The number of hydrogen-bond acceptors (Lipinski definition) is 6. The molecule has 106 valence electrons. The van der Waals surface area contributed by atoms with E-state index < -0.39 is 0 Å². The van der Waals surface area contributed by atoms with E-state index >= 15 is 0 Å². The van der Waals surface area contributed by atoms with E-state index in [9.17, 15) is 5.11 Å². The Bertz CT molecular complexity index is 650. The summed E-state index contributed by atoms with van der Waals surface area (Å²) in [4.78, 5) is 4.24. The van der Waals surface area contributed by atoms with Crippen LogP contribution in [0, 0.1) is 20.8 Å². The van der Waals surface area contributed by atoms with Crippen molar-refractivity contribution in [3.8, 4) is 11.5 Å². The number of phenols is 1. The molecule has 2 aromatic rings. The second kappa shape index (κ2) is 5.92. The first kappa shape index (κ1) is 14.3. The van der Waals surface area contributed by atoms with Crippen LogP contribution in [0.3, 0.4) is 0 Å². The van der Waals surface area contributed by atoms with Gasteiger partial charge in [0.1, 0.15) is 11.5 Å². The average Bonchev–Trinajstić information content (AvgIpc) is 2.83. The molecule has 0 radical (unpaired) electrons. The van der Waals surface area contributed by atoms with Crippen LogP contribution in [0.2, 0.25) is 0 Å². The fraction of sp³-hybridized carbons (Fsp3) is 0.286. The lowest BCUT2D eigenvalue weighted by Gasteiger charge is -2.11. The summed E-state index contributed by atoms with van der Waals surface area (Å²) in [5.41, 5.74) is 6.03. The number of thiazole rings is 1. The van der Waals surface area contributed by atoms with Crippen molar-refractivity contribution in [2.75, 3.05) is 12.5 Å². The number of nitrogens with zero attached hydrogens (tertiary/aromatic N) is 2. The number of ether oxygens (including phenoxy) is 1. The maximum Gasteiger partial charge on any atom is 0.203 e. The molecule has 1 heterocycles. The molecule has 5 nitrogen and oxygen atoms in total. The van der Waals surface area contributed by atoms with Gasteiger partial charge >= 0.3 is 0 Å². The Balaban J connectivity index is 2.26. The highest BCUT2D eigenvalue weighted by molar-refractivity contribution is 7.13. The summed E-state index contributed by atoms with van der Waals surface area (Å²) < 4.78 is 5.29. The lowest BCUT2D eigenvalue weighted by Crippen LogP contribution is -1.98. The molecule has 6 heteroatoms. The molecule has 0 spiro atoms. The van der Waals surface area contributed by atoms with Crippen LogP contribution >= 0.6 is 11.3 Å². The van der Waals surface area contributed by atoms with Crippen LogP contribution in [0.25, 0.3) is 0 Å². The van der Waals surface area contributed by atoms with Gasteiger partial charge in [0.15, 0.2) is 0 Å². The summed E-state index contributed by atoms with van der Waals surface area (Å²) in [7, 11) is 1.61. The first-order valence-electron chi connectivity index (χ1n) is 6.11. The van der Waals surface area contributed by atoms with Crippen LogP contribution in [-0.4, -0.2) is 23.4 Å². The van der Waals surface area contributed by atoms with Gasteiger partial charge < -0.3 is 9.84 Å². The van der Waals surface area contributed by atoms with E-state index in [4.69, 9.17) is 4.74 Å². The Morgan fingerprint density at radius 2 is 2.15 bits per heavy atom. The van der Waals surface area contributed by atoms with E-state index in [0.29, 0.717) is 5.56 Å². The summed E-state index contributed by atoms with van der Waals surface area (Å²) in [6.45, 7) is 5.63. The van der Waals surface area contributed by atoms with E-state index in [1.54, 1.807) is 19.4 Å². The molecular formula is C14H17N3O2S. The number of hydrogen-bond donors (Lipinski definition) is 2. The van der Waals surface area contributed by atoms with Gasteiger partial charge in [-0.15, -0.1) is 11.3 Å². The molecule has 0 aliphatic rings. The van der Waals surface area contributed by atoms with E-state index in [0.717, 1.165) is 27.7 Å². The molecule has 1 aromatic carbocycles. The summed E-state index contributed by atoms with van der Waals surface area (Å²) in [6, 6.07) is 1.81. The lowest BCUT2D eigenvalue weighted by atomic mass is 10.0. The topological polar surface area (TPSA) is 66.7 Å². The number of phenolic OH excluding ortho intramolecular Hbond substituents is 1. The maximum atomic E-state index is 10.1. The molecule has 2 N–H and O–H groups in total. The number of aromatic nitrogens is 1. The predicted octanol–water partition coefficient (Wildman–Crippen LogP) is 3.23. The first-order valence-corrected chi connectivity index (χ1v) is 6.99. The molecule has 20 heavy (non-hydrogen) atoms. The van der Waals surface area contributed by atoms with Crippen molar-refractivity contribution in [2.24, 2.45) is 5.10 Å². The van der Waals surface area contributed by atoms with E-state index in [1.807, 2.05) is 26.2 Å². The second-order valence-electron chi connectivity index (χ2n) is 4.45. The third-order valence-electron chi connectivity index (χ3n) is 2.94. The van der Waals surface area contributed by atoms with Gasteiger partial charge in [0, 0.05) is 16.5 Å². The SMILES string of the molecule is COc1cc(C)c(O)c(C=NNc2nc(C)cs2)c1C. The summed E-state index contributed by atoms with van der Waals surface area (Å²) in [6.07, 6.45) is 1.58. The highest BCUT2D eigenvalue weighted by Crippen LogP contribution is 2.31. The number of nitrogens with one attached hydrogen (secondary N) is 1. The van der Waals surface area contributed by atoms with Crippen molar-refractivity contribution in [3.05, 3.63) is 33.8 Å². The third-order valence-corrected chi connectivity index (χ3v) is 3.81. The van der Waals surface area contributed by atoms with Gasteiger partial charge in [-0.2, -0.15) is 5.10 Å². The zero-order valence-electron chi connectivity index (χ0n) is 11.9. The molecule has 1 aromatic heterocycles. The summed E-state index contributed by atoms with van der Waals surface area (Å²) in [5, 5.41) is 16.9. The van der Waals surface area contributed by atoms with Gasteiger partial charge in [-0.1, -0.05) is 0 Å². The van der Waals surface area contributed by atoms with Crippen molar-refractivity contribution in [2.45, 2.75) is 20.8 Å². The number of methoxy groups -OCH3 is 1. The highest BCUT2D eigenvalue weighted by atomic mass is 32.1. The van der Waals surface area contributed by atoms with Crippen LogP contribution in [0.5, 0.6) is 11.5 Å². The second-order valence-corrected chi connectivity index (χ2v) is 5.31. The summed E-state index contributed by atoms with van der Waals surface area (Å²) >= 11 is 1.48. The van der Waals surface area contributed by atoms with Crippen LogP contribution in [0.4, 0.5) is 5.13 Å². The first-order chi connectivity index (χ1) is 9.52. The normalized spacial score (nSPS) is 11.0. The van der Waals surface area contributed by atoms with Crippen molar-refractivity contribution in [1.82, 2.24) is 4.98 Å². The van der Waals surface area contributed by atoms with Crippen LogP contribution < -0.4 is 10.2 Å². The number of benzene rings is 1. The van der Waals surface area contributed by atoms with Crippen LogP contribution in [0.1, 0.15) is 22.4 Å². The van der Waals surface area contributed by atoms with Gasteiger partial charge in [-0.3, -0.25) is 5.43 Å². The minimum atomic E-state index is 0.212. The van der Waals surface area contributed by atoms with Gasteiger partial charge in [0.2, 0.25) is 5.13 Å². The average molecular weight is 291 g/mol. The van der Waals surface area contributed by atoms with Crippen molar-refractivity contribution >= 4 is 22.7 Å². The van der Waals surface area contributed by atoms with Crippen LogP contribution in [0.15, 0.2) is 16.5 Å². The molecule has 0 aliphatic heterocycles. The van der Waals surface area contributed by atoms with Crippen molar-refractivity contribution in [1.29, 1.82) is 0 Å². The minimum absolute atomic E-state index is 0.212. The lowest BCUT2D eigenvalue weighted by molar-refractivity contribution is 0.408. The fourth-order valence-corrected chi connectivity index (χ4v) is 2.46. The molecule has 0 amide bonds. The van der Waals surface area contributed by atoms with Gasteiger partial charge in [0.05, 0.1) is 19.0 Å². The van der Waals surface area contributed by atoms with E-state index in [-0.39, 0.29) is 5.75 Å². The Labute approximate surface area is 121 Å². The number of anilines is 1. The van der Waals surface area contributed by atoms with Gasteiger partial charge in [-0.05, 0) is 32.4 Å².